The highest BCUT2D eigenvalue weighted by molar-refractivity contribution is 6.30. The first-order valence-electron chi connectivity index (χ1n) is 8.84. The second kappa shape index (κ2) is 8.53. The number of anilines is 2. The van der Waals surface area contributed by atoms with Crippen molar-refractivity contribution in [1.82, 2.24) is 9.55 Å². The van der Waals surface area contributed by atoms with Crippen LogP contribution in [0.5, 0.6) is 11.5 Å². The normalized spacial score (nSPS) is 10.7. The molecular formula is C21H21ClFN3O3. The first-order chi connectivity index (χ1) is 13.8. The van der Waals surface area contributed by atoms with Crippen molar-refractivity contribution in [3.8, 4) is 11.5 Å². The van der Waals surface area contributed by atoms with Crippen molar-refractivity contribution in [2.45, 2.75) is 20.4 Å². The van der Waals surface area contributed by atoms with E-state index in [0.717, 1.165) is 28.1 Å². The van der Waals surface area contributed by atoms with Crippen LogP contribution in [0.3, 0.4) is 0 Å². The number of hydrogen-bond acceptors (Lipinski definition) is 5. The number of benzene rings is 2. The Morgan fingerprint density at radius 1 is 1.10 bits per heavy atom. The number of methoxy groups -OCH3 is 2. The summed E-state index contributed by atoms with van der Waals surface area (Å²) < 4.78 is 25.7. The Hall–Kier alpha value is -3.06. The molecule has 152 valence electrons. The Labute approximate surface area is 172 Å². The third kappa shape index (κ3) is 4.51. The van der Waals surface area contributed by atoms with Gasteiger partial charge in [0.15, 0.2) is 0 Å². The lowest BCUT2D eigenvalue weighted by atomic mass is 10.1. The van der Waals surface area contributed by atoms with E-state index in [0.29, 0.717) is 12.5 Å². The molecule has 0 amide bonds. The Bertz CT molecular complexity index is 1120. The van der Waals surface area contributed by atoms with Gasteiger partial charge in [-0.1, -0.05) is 17.7 Å². The third-order valence-electron chi connectivity index (χ3n) is 4.51. The fourth-order valence-electron chi connectivity index (χ4n) is 2.93. The van der Waals surface area contributed by atoms with E-state index in [-0.39, 0.29) is 10.8 Å². The highest BCUT2D eigenvalue weighted by Crippen LogP contribution is 2.28. The molecule has 0 fully saturated rings. The highest BCUT2D eigenvalue weighted by atomic mass is 35.5. The second-order valence-corrected chi connectivity index (χ2v) is 6.98. The summed E-state index contributed by atoms with van der Waals surface area (Å²) in [6, 6.07) is 8.29. The Kier molecular flexibility index (Phi) is 6.08. The third-order valence-corrected chi connectivity index (χ3v) is 4.80. The lowest BCUT2D eigenvalue weighted by Crippen LogP contribution is -2.19. The van der Waals surface area contributed by atoms with Crippen molar-refractivity contribution >= 4 is 23.2 Å². The van der Waals surface area contributed by atoms with Crippen molar-refractivity contribution < 1.29 is 13.9 Å². The molecule has 8 heteroatoms. The lowest BCUT2D eigenvalue weighted by Gasteiger charge is -2.17. The molecule has 1 N–H and O–H groups in total. The first-order valence-corrected chi connectivity index (χ1v) is 9.22. The summed E-state index contributed by atoms with van der Waals surface area (Å²) in [6.07, 6.45) is 1.56. The van der Waals surface area contributed by atoms with Crippen LogP contribution >= 0.6 is 11.6 Å². The van der Waals surface area contributed by atoms with Gasteiger partial charge in [0.1, 0.15) is 11.6 Å². The quantitative estimate of drug-likeness (QED) is 0.641. The number of ether oxygens (including phenoxy) is 2. The van der Waals surface area contributed by atoms with E-state index in [1.54, 1.807) is 23.9 Å². The second-order valence-electron chi connectivity index (χ2n) is 6.58. The average Bonchev–Trinajstić information content (AvgIpc) is 2.69. The van der Waals surface area contributed by atoms with E-state index in [1.165, 1.54) is 19.2 Å². The predicted octanol–water partition coefficient (Wildman–Crippen LogP) is 4.46. The smallest absolute Gasteiger partial charge is 0.316 e. The number of nitrogens with zero attached hydrogens (tertiary/aromatic N) is 2. The molecule has 29 heavy (non-hydrogen) atoms. The first kappa shape index (κ1) is 20.7. The van der Waals surface area contributed by atoms with Crippen LogP contribution < -0.4 is 20.3 Å². The topological polar surface area (TPSA) is 65.4 Å². The van der Waals surface area contributed by atoms with E-state index in [9.17, 15) is 9.18 Å². The van der Waals surface area contributed by atoms with Crippen LogP contribution in [0.2, 0.25) is 5.02 Å². The summed E-state index contributed by atoms with van der Waals surface area (Å²) in [5.74, 6) is 0.707. The molecule has 0 aliphatic heterocycles. The number of halogens is 2. The number of aryl methyl sites for hydroxylation is 2. The fraction of sp³-hybridized carbons (Fsp3) is 0.238. The zero-order valence-corrected chi connectivity index (χ0v) is 17.3. The van der Waals surface area contributed by atoms with Gasteiger partial charge in [0.05, 0.1) is 32.0 Å². The van der Waals surface area contributed by atoms with Gasteiger partial charge in [-0.25, -0.2) is 4.39 Å². The Morgan fingerprint density at radius 2 is 1.83 bits per heavy atom. The largest absolute Gasteiger partial charge is 0.496 e. The average molecular weight is 418 g/mol. The molecule has 0 aliphatic rings. The van der Waals surface area contributed by atoms with E-state index < -0.39 is 11.4 Å². The van der Waals surface area contributed by atoms with Crippen LogP contribution in [0.15, 0.2) is 41.3 Å². The molecule has 0 bridgehead atoms. The fourth-order valence-corrected chi connectivity index (χ4v) is 3.14. The summed E-state index contributed by atoms with van der Waals surface area (Å²) in [7, 11) is 3.02. The van der Waals surface area contributed by atoms with Gasteiger partial charge in [0, 0.05) is 5.69 Å². The molecule has 1 heterocycles. The molecule has 0 saturated heterocycles. The van der Waals surface area contributed by atoms with Crippen molar-refractivity contribution in [3.05, 3.63) is 74.4 Å². The summed E-state index contributed by atoms with van der Waals surface area (Å²) >= 11 is 5.90. The number of nitrogens with one attached hydrogen (secondary N) is 1. The zero-order chi connectivity index (χ0) is 21.1. The molecule has 2 aromatic carbocycles. The maximum absolute atomic E-state index is 13.5. The van der Waals surface area contributed by atoms with E-state index in [2.05, 4.69) is 10.3 Å². The number of rotatable bonds is 6. The van der Waals surface area contributed by atoms with E-state index in [1.807, 2.05) is 26.0 Å². The Balaban J connectivity index is 2.04. The van der Waals surface area contributed by atoms with Gasteiger partial charge in [-0.2, -0.15) is 4.98 Å². The van der Waals surface area contributed by atoms with Crippen molar-refractivity contribution in [3.63, 3.8) is 0 Å². The van der Waals surface area contributed by atoms with Crippen molar-refractivity contribution in [2.75, 3.05) is 19.5 Å². The van der Waals surface area contributed by atoms with Gasteiger partial charge in [-0.15, -0.1) is 0 Å². The van der Waals surface area contributed by atoms with Crippen molar-refractivity contribution in [2.24, 2.45) is 0 Å². The van der Waals surface area contributed by atoms with Crippen LogP contribution in [-0.2, 0) is 6.54 Å². The number of hydrogen-bond donors (Lipinski definition) is 1. The Morgan fingerprint density at radius 3 is 2.48 bits per heavy atom. The molecular weight excluding hydrogens is 397 g/mol. The van der Waals surface area contributed by atoms with Gasteiger partial charge in [0.25, 0.3) is 0 Å². The monoisotopic (exact) mass is 417 g/mol. The minimum Gasteiger partial charge on any atom is -0.496 e. The molecule has 3 aromatic rings. The molecule has 0 unspecified atom stereocenters. The van der Waals surface area contributed by atoms with Crippen LogP contribution in [0.4, 0.5) is 16.0 Å². The molecule has 0 aliphatic carbocycles. The lowest BCUT2D eigenvalue weighted by molar-refractivity contribution is 0.402. The molecule has 0 spiro atoms. The van der Waals surface area contributed by atoms with Gasteiger partial charge < -0.3 is 19.4 Å². The highest BCUT2D eigenvalue weighted by Gasteiger charge is 2.13. The maximum Gasteiger partial charge on any atom is 0.316 e. The van der Waals surface area contributed by atoms with E-state index >= 15 is 0 Å². The van der Waals surface area contributed by atoms with Gasteiger partial charge in [-0.05, 0) is 54.8 Å². The number of aromatic nitrogens is 2. The van der Waals surface area contributed by atoms with E-state index in [4.69, 9.17) is 21.1 Å². The van der Waals surface area contributed by atoms with Gasteiger partial charge in [-0.3, -0.25) is 4.79 Å². The standard InChI is InChI=1S/C21H21ClFN3O3/c1-12-8-18(28-3)13(2)7-17(12)24-21-25-20(27)19(29-4)11-26(21)10-14-5-6-16(23)15(22)9-14/h5-9,11H,10H2,1-4H3,(H,24,25,27). The summed E-state index contributed by atoms with van der Waals surface area (Å²) in [5, 5.41) is 3.23. The molecule has 0 atom stereocenters. The molecule has 0 saturated carbocycles. The van der Waals surface area contributed by atoms with Gasteiger partial charge in [0.2, 0.25) is 11.7 Å². The minimum absolute atomic E-state index is 0.0274. The molecule has 1 aromatic heterocycles. The summed E-state index contributed by atoms with van der Waals surface area (Å²) in [4.78, 5) is 16.4. The summed E-state index contributed by atoms with van der Waals surface area (Å²) in [5.41, 5.74) is 2.90. The summed E-state index contributed by atoms with van der Waals surface area (Å²) in [6.45, 7) is 4.16. The molecule has 3 rings (SSSR count). The zero-order valence-electron chi connectivity index (χ0n) is 16.5. The molecule has 6 nitrogen and oxygen atoms in total. The predicted molar refractivity (Wildman–Crippen MR) is 111 cm³/mol. The minimum atomic E-state index is -0.494. The van der Waals surface area contributed by atoms with Crippen LogP contribution in [0.25, 0.3) is 0 Å². The van der Waals surface area contributed by atoms with Crippen molar-refractivity contribution in [1.29, 1.82) is 0 Å². The maximum atomic E-state index is 13.5. The SMILES string of the molecule is COc1cc(C)c(Nc2nc(=O)c(OC)cn2Cc2ccc(F)c(Cl)c2)cc1C. The van der Waals surface area contributed by atoms with Crippen LogP contribution in [0, 0.1) is 19.7 Å². The van der Waals surface area contributed by atoms with Gasteiger partial charge >= 0.3 is 5.56 Å². The van der Waals surface area contributed by atoms with Crippen LogP contribution in [0.1, 0.15) is 16.7 Å². The van der Waals surface area contributed by atoms with Crippen LogP contribution in [-0.4, -0.2) is 23.8 Å². The molecule has 0 radical (unpaired) electrons.